The third-order valence-corrected chi connectivity index (χ3v) is 3.56. The third kappa shape index (κ3) is 5.47. The van der Waals surface area contributed by atoms with Crippen molar-refractivity contribution in [3.63, 3.8) is 0 Å². The average Bonchev–Trinajstić information content (AvgIpc) is 2.56. The molecule has 0 spiro atoms. The van der Waals surface area contributed by atoms with Gasteiger partial charge in [-0.15, -0.1) is 0 Å². The molecule has 0 bridgehead atoms. The summed E-state index contributed by atoms with van der Waals surface area (Å²) in [6.45, 7) is 2.92. The van der Waals surface area contributed by atoms with E-state index in [0.717, 1.165) is 19.5 Å². The van der Waals surface area contributed by atoms with Crippen molar-refractivity contribution >= 4 is 16.7 Å². The SMILES string of the molecule is COCCNCCNC(=O)CCc1ccc2ccccc2c1. The minimum Gasteiger partial charge on any atom is -0.383 e. The molecule has 2 aromatic rings. The van der Waals surface area contributed by atoms with E-state index in [9.17, 15) is 4.79 Å². The molecule has 2 aromatic carbocycles. The van der Waals surface area contributed by atoms with Gasteiger partial charge in [0.15, 0.2) is 0 Å². The van der Waals surface area contributed by atoms with Crippen molar-refractivity contribution in [3.05, 3.63) is 48.0 Å². The van der Waals surface area contributed by atoms with E-state index in [1.165, 1.54) is 16.3 Å². The second-order valence-electron chi connectivity index (χ2n) is 5.27. The standard InChI is InChI=1S/C18H24N2O2/c1-22-13-12-19-10-11-20-18(21)9-7-15-6-8-16-4-2-3-5-17(16)14-15/h2-6,8,14,19H,7,9-13H2,1H3,(H,20,21). The van der Waals surface area contributed by atoms with Crippen molar-refractivity contribution in [3.8, 4) is 0 Å². The molecule has 0 saturated heterocycles. The molecule has 0 unspecified atom stereocenters. The van der Waals surface area contributed by atoms with E-state index in [1.54, 1.807) is 7.11 Å². The Hall–Kier alpha value is -1.91. The summed E-state index contributed by atoms with van der Waals surface area (Å²) in [6.07, 6.45) is 1.30. The van der Waals surface area contributed by atoms with Crippen molar-refractivity contribution in [1.29, 1.82) is 0 Å². The van der Waals surface area contributed by atoms with Gasteiger partial charge in [-0.05, 0) is 22.8 Å². The highest BCUT2D eigenvalue weighted by molar-refractivity contribution is 5.83. The number of benzene rings is 2. The van der Waals surface area contributed by atoms with Crippen molar-refractivity contribution < 1.29 is 9.53 Å². The molecule has 1 amide bonds. The van der Waals surface area contributed by atoms with Gasteiger partial charge in [-0.25, -0.2) is 0 Å². The molecule has 0 aliphatic rings. The number of ether oxygens (including phenoxy) is 1. The predicted molar refractivity (Wildman–Crippen MR) is 90.0 cm³/mol. The Morgan fingerprint density at radius 1 is 1.05 bits per heavy atom. The quantitative estimate of drug-likeness (QED) is 0.698. The first kappa shape index (κ1) is 16.5. The maximum atomic E-state index is 11.8. The number of carbonyl (C=O) groups excluding carboxylic acids is 1. The molecule has 4 heteroatoms. The molecule has 4 nitrogen and oxygen atoms in total. The molecule has 0 aromatic heterocycles. The van der Waals surface area contributed by atoms with Crippen LogP contribution in [0.3, 0.4) is 0 Å². The van der Waals surface area contributed by atoms with Gasteiger partial charge in [0.1, 0.15) is 0 Å². The number of nitrogens with one attached hydrogen (secondary N) is 2. The summed E-state index contributed by atoms with van der Waals surface area (Å²) in [4.78, 5) is 11.8. The molecule has 2 rings (SSSR count). The first-order valence-electron chi connectivity index (χ1n) is 7.73. The number of aryl methyl sites for hydroxylation is 1. The highest BCUT2D eigenvalue weighted by Gasteiger charge is 2.02. The lowest BCUT2D eigenvalue weighted by Crippen LogP contribution is -2.33. The Bertz CT molecular complexity index is 598. The van der Waals surface area contributed by atoms with Gasteiger partial charge >= 0.3 is 0 Å². The molecule has 0 fully saturated rings. The average molecular weight is 300 g/mol. The van der Waals surface area contributed by atoms with Crippen LogP contribution in [0, 0.1) is 0 Å². The van der Waals surface area contributed by atoms with Crippen LogP contribution < -0.4 is 10.6 Å². The van der Waals surface area contributed by atoms with Gasteiger partial charge in [-0.2, -0.15) is 0 Å². The van der Waals surface area contributed by atoms with Crippen molar-refractivity contribution in [2.45, 2.75) is 12.8 Å². The first-order valence-corrected chi connectivity index (χ1v) is 7.73. The predicted octanol–water partition coefficient (Wildman–Crippen LogP) is 2.12. The molecule has 2 N–H and O–H groups in total. The molecule has 22 heavy (non-hydrogen) atoms. The zero-order valence-corrected chi connectivity index (χ0v) is 13.1. The Morgan fingerprint density at radius 2 is 1.86 bits per heavy atom. The zero-order chi connectivity index (χ0) is 15.6. The molecule has 0 aliphatic carbocycles. The van der Waals surface area contributed by atoms with Gasteiger partial charge in [-0.1, -0.05) is 42.5 Å². The molecular formula is C18H24N2O2. The van der Waals surface area contributed by atoms with Crippen LogP contribution in [0.25, 0.3) is 10.8 Å². The maximum Gasteiger partial charge on any atom is 0.220 e. The summed E-state index contributed by atoms with van der Waals surface area (Å²) < 4.78 is 4.94. The van der Waals surface area contributed by atoms with Crippen molar-refractivity contribution in [1.82, 2.24) is 10.6 Å². The van der Waals surface area contributed by atoms with Crippen LogP contribution in [0.5, 0.6) is 0 Å². The van der Waals surface area contributed by atoms with E-state index in [1.807, 2.05) is 12.1 Å². The minimum absolute atomic E-state index is 0.0988. The lowest BCUT2D eigenvalue weighted by molar-refractivity contribution is -0.121. The smallest absolute Gasteiger partial charge is 0.220 e. The fourth-order valence-corrected chi connectivity index (χ4v) is 2.33. The van der Waals surface area contributed by atoms with Gasteiger partial charge in [0.05, 0.1) is 6.61 Å². The van der Waals surface area contributed by atoms with Crippen LogP contribution in [0.15, 0.2) is 42.5 Å². The number of rotatable bonds is 9. The Morgan fingerprint density at radius 3 is 2.68 bits per heavy atom. The van der Waals surface area contributed by atoms with Gasteiger partial charge in [0.2, 0.25) is 5.91 Å². The number of methoxy groups -OCH3 is 1. The number of carbonyl (C=O) groups is 1. The molecule has 0 heterocycles. The summed E-state index contributed by atoms with van der Waals surface area (Å²) in [5.74, 6) is 0.0988. The van der Waals surface area contributed by atoms with Crippen LogP contribution in [0.2, 0.25) is 0 Å². The van der Waals surface area contributed by atoms with Gasteiger partial charge < -0.3 is 15.4 Å². The fourth-order valence-electron chi connectivity index (χ4n) is 2.33. The summed E-state index contributed by atoms with van der Waals surface area (Å²) >= 11 is 0. The van der Waals surface area contributed by atoms with Crippen LogP contribution in [0.4, 0.5) is 0 Å². The summed E-state index contributed by atoms with van der Waals surface area (Å²) in [7, 11) is 1.68. The van der Waals surface area contributed by atoms with Crippen molar-refractivity contribution in [2.24, 2.45) is 0 Å². The fraction of sp³-hybridized carbons (Fsp3) is 0.389. The van der Waals surface area contributed by atoms with Gasteiger partial charge in [-0.3, -0.25) is 4.79 Å². The second kappa shape index (κ2) is 9.18. The summed E-state index contributed by atoms with van der Waals surface area (Å²) in [5.41, 5.74) is 1.20. The topological polar surface area (TPSA) is 50.4 Å². The largest absolute Gasteiger partial charge is 0.383 e. The Kier molecular flexibility index (Phi) is 6.87. The number of hydrogen-bond donors (Lipinski definition) is 2. The number of hydrogen-bond acceptors (Lipinski definition) is 3. The zero-order valence-electron chi connectivity index (χ0n) is 13.1. The van der Waals surface area contributed by atoms with Crippen LogP contribution in [-0.2, 0) is 16.0 Å². The van der Waals surface area contributed by atoms with Crippen LogP contribution in [-0.4, -0.2) is 39.3 Å². The normalized spacial score (nSPS) is 10.8. The van der Waals surface area contributed by atoms with E-state index in [2.05, 4.69) is 41.0 Å². The Balaban J connectivity index is 1.69. The maximum absolute atomic E-state index is 11.8. The first-order chi connectivity index (χ1) is 10.8. The highest BCUT2D eigenvalue weighted by Crippen LogP contribution is 2.16. The van der Waals surface area contributed by atoms with Gasteiger partial charge in [0.25, 0.3) is 0 Å². The third-order valence-electron chi connectivity index (χ3n) is 3.56. The van der Waals surface area contributed by atoms with E-state index >= 15 is 0 Å². The molecule has 118 valence electrons. The Labute approximate surface area is 131 Å². The summed E-state index contributed by atoms with van der Waals surface area (Å²) in [6, 6.07) is 14.7. The monoisotopic (exact) mass is 300 g/mol. The number of fused-ring (bicyclic) bond motifs is 1. The van der Waals surface area contributed by atoms with E-state index in [-0.39, 0.29) is 5.91 Å². The molecule has 0 atom stereocenters. The molecule has 0 aliphatic heterocycles. The van der Waals surface area contributed by atoms with Crippen molar-refractivity contribution in [2.75, 3.05) is 33.4 Å². The lowest BCUT2D eigenvalue weighted by Gasteiger charge is -2.07. The highest BCUT2D eigenvalue weighted by atomic mass is 16.5. The minimum atomic E-state index is 0.0988. The second-order valence-corrected chi connectivity index (χ2v) is 5.27. The van der Waals surface area contributed by atoms with E-state index in [0.29, 0.717) is 19.6 Å². The number of amides is 1. The van der Waals surface area contributed by atoms with Crippen LogP contribution >= 0.6 is 0 Å². The lowest BCUT2D eigenvalue weighted by atomic mass is 10.0. The van der Waals surface area contributed by atoms with Crippen LogP contribution in [0.1, 0.15) is 12.0 Å². The van der Waals surface area contributed by atoms with E-state index < -0.39 is 0 Å². The molecule has 0 saturated carbocycles. The molecular weight excluding hydrogens is 276 g/mol. The summed E-state index contributed by atoms with van der Waals surface area (Å²) in [5, 5.41) is 8.58. The van der Waals surface area contributed by atoms with E-state index in [4.69, 9.17) is 4.74 Å². The van der Waals surface area contributed by atoms with Gasteiger partial charge in [0, 0.05) is 33.2 Å². The molecule has 0 radical (unpaired) electrons.